The third kappa shape index (κ3) is 2.39. The van der Waals surface area contributed by atoms with Crippen molar-refractivity contribution in [1.29, 1.82) is 0 Å². The predicted molar refractivity (Wildman–Crippen MR) is 63.6 cm³/mol. The Morgan fingerprint density at radius 1 is 1.27 bits per heavy atom. The molecule has 1 fully saturated rings. The average Bonchev–Trinajstić information content (AvgIpc) is 2.30. The molecule has 0 unspecified atom stereocenters. The van der Waals surface area contributed by atoms with Crippen LogP contribution in [0.3, 0.4) is 0 Å². The molecular formula is C13H20N2. The number of piperidine rings is 1. The second kappa shape index (κ2) is 4.77. The highest BCUT2D eigenvalue weighted by Gasteiger charge is 2.25. The minimum Gasteiger partial charge on any atom is -0.323 e. The van der Waals surface area contributed by atoms with Crippen molar-refractivity contribution in [3.8, 4) is 0 Å². The van der Waals surface area contributed by atoms with Gasteiger partial charge in [-0.1, -0.05) is 36.8 Å². The predicted octanol–water partition coefficient (Wildman–Crippen LogP) is 2.17. The minimum absolute atomic E-state index is 0.163. The van der Waals surface area contributed by atoms with Crippen molar-refractivity contribution in [2.75, 3.05) is 13.6 Å². The van der Waals surface area contributed by atoms with Crippen molar-refractivity contribution in [1.82, 2.24) is 4.90 Å². The van der Waals surface area contributed by atoms with E-state index in [1.807, 2.05) is 6.07 Å². The normalized spacial score (nSPS) is 25.1. The fourth-order valence-corrected chi connectivity index (χ4v) is 2.45. The lowest BCUT2D eigenvalue weighted by molar-refractivity contribution is 0.160. The number of likely N-dealkylation sites (N-methyl/N-ethyl adjacent to an activating group) is 1. The van der Waals surface area contributed by atoms with Crippen LogP contribution in [-0.4, -0.2) is 24.5 Å². The Labute approximate surface area is 92.1 Å². The molecule has 0 aliphatic carbocycles. The molecule has 0 aromatic heterocycles. The topological polar surface area (TPSA) is 29.3 Å². The van der Waals surface area contributed by atoms with Crippen LogP contribution in [-0.2, 0) is 0 Å². The van der Waals surface area contributed by atoms with Crippen LogP contribution in [0, 0.1) is 0 Å². The molecule has 82 valence electrons. The van der Waals surface area contributed by atoms with Crippen molar-refractivity contribution in [2.45, 2.75) is 31.3 Å². The summed E-state index contributed by atoms with van der Waals surface area (Å²) in [5, 5.41) is 0. The molecule has 1 heterocycles. The molecule has 2 N–H and O–H groups in total. The van der Waals surface area contributed by atoms with Crippen molar-refractivity contribution in [3.05, 3.63) is 35.9 Å². The van der Waals surface area contributed by atoms with Crippen molar-refractivity contribution < 1.29 is 0 Å². The molecule has 1 saturated heterocycles. The number of rotatable bonds is 2. The number of likely N-dealkylation sites (tertiary alicyclic amines) is 1. The maximum absolute atomic E-state index is 6.32. The standard InChI is InChI=1S/C13H20N2/c1-15-10-6-5-9-12(15)13(14)11-7-3-2-4-8-11/h2-4,7-8,12-13H,5-6,9-10,14H2,1H3/t12-,13-/m0/s1. The van der Waals surface area contributed by atoms with Crippen LogP contribution >= 0.6 is 0 Å². The first kappa shape index (κ1) is 10.7. The van der Waals surface area contributed by atoms with Crippen LogP contribution in [0.15, 0.2) is 30.3 Å². The lowest BCUT2D eigenvalue weighted by Gasteiger charge is -2.36. The molecular weight excluding hydrogens is 184 g/mol. The second-order valence-corrected chi connectivity index (χ2v) is 4.48. The zero-order valence-corrected chi connectivity index (χ0v) is 9.39. The first-order valence-electron chi connectivity index (χ1n) is 5.80. The molecule has 15 heavy (non-hydrogen) atoms. The van der Waals surface area contributed by atoms with Crippen LogP contribution in [0.5, 0.6) is 0 Å². The smallest absolute Gasteiger partial charge is 0.0452 e. The molecule has 0 spiro atoms. The molecule has 0 saturated carbocycles. The van der Waals surface area contributed by atoms with Gasteiger partial charge >= 0.3 is 0 Å². The van der Waals surface area contributed by atoms with E-state index in [0.717, 1.165) is 0 Å². The zero-order chi connectivity index (χ0) is 10.7. The SMILES string of the molecule is CN1CCCC[C@H]1[C@@H](N)c1ccccc1. The van der Waals surface area contributed by atoms with Gasteiger partial charge < -0.3 is 10.6 Å². The number of hydrogen-bond acceptors (Lipinski definition) is 2. The molecule has 2 atom stereocenters. The monoisotopic (exact) mass is 204 g/mol. The van der Waals surface area contributed by atoms with E-state index in [1.165, 1.54) is 31.4 Å². The Kier molecular flexibility index (Phi) is 3.39. The van der Waals surface area contributed by atoms with E-state index in [-0.39, 0.29) is 6.04 Å². The van der Waals surface area contributed by atoms with Gasteiger partial charge in [0, 0.05) is 12.1 Å². The zero-order valence-electron chi connectivity index (χ0n) is 9.39. The molecule has 2 rings (SSSR count). The second-order valence-electron chi connectivity index (χ2n) is 4.48. The molecule has 2 nitrogen and oxygen atoms in total. The van der Waals surface area contributed by atoms with Gasteiger partial charge in [-0.05, 0) is 32.0 Å². The van der Waals surface area contributed by atoms with Gasteiger partial charge in [0.2, 0.25) is 0 Å². The molecule has 1 aliphatic rings. The third-order valence-electron chi connectivity index (χ3n) is 3.43. The van der Waals surface area contributed by atoms with Crippen LogP contribution < -0.4 is 5.73 Å². The lowest BCUT2D eigenvalue weighted by atomic mass is 9.92. The third-order valence-corrected chi connectivity index (χ3v) is 3.43. The van der Waals surface area contributed by atoms with Gasteiger partial charge in [0.05, 0.1) is 0 Å². The van der Waals surface area contributed by atoms with Crippen LogP contribution in [0.4, 0.5) is 0 Å². The quantitative estimate of drug-likeness (QED) is 0.800. The van der Waals surface area contributed by atoms with E-state index in [4.69, 9.17) is 5.73 Å². The van der Waals surface area contributed by atoms with Gasteiger partial charge in [-0.3, -0.25) is 0 Å². The lowest BCUT2D eigenvalue weighted by Crippen LogP contribution is -2.43. The molecule has 2 heteroatoms. The Bertz CT molecular complexity index is 297. The molecule has 0 amide bonds. The number of nitrogens with zero attached hydrogens (tertiary/aromatic N) is 1. The number of benzene rings is 1. The molecule has 1 aromatic carbocycles. The van der Waals surface area contributed by atoms with Crippen LogP contribution in [0.25, 0.3) is 0 Å². The molecule has 1 aromatic rings. The van der Waals surface area contributed by atoms with Gasteiger partial charge in [-0.2, -0.15) is 0 Å². The van der Waals surface area contributed by atoms with Gasteiger partial charge in [0.1, 0.15) is 0 Å². The first-order valence-corrected chi connectivity index (χ1v) is 5.80. The summed E-state index contributed by atoms with van der Waals surface area (Å²) >= 11 is 0. The first-order chi connectivity index (χ1) is 7.29. The summed E-state index contributed by atoms with van der Waals surface area (Å²) in [7, 11) is 2.19. The van der Waals surface area contributed by atoms with Crippen molar-refractivity contribution >= 4 is 0 Å². The Morgan fingerprint density at radius 2 is 2.00 bits per heavy atom. The maximum Gasteiger partial charge on any atom is 0.0452 e. The Hall–Kier alpha value is -0.860. The number of nitrogens with two attached hydrogens (primary N) is 1. The largest absolute Gasteiger partial charge is 0.323 e. The maximum atomic E-state index is 6.32. The average molecular weight is 204 g/mol. The van der Waals surface area contributed by atoms with E-state index in [9.17, 15) is 0 Å². The van der Waals surface area contributed by atoms with E-state index in [0.29, 0.717) is 6.04 Å². The highest BCUT2D eigenvalue weighted by atomic mass is 15.1. The molecule has 1 aliphatic heterocycles. The van der Waals surface area contributed by atoms with E-state index in [1.54, 1.807) is 0 Å². The highest BCUT2D eigenvalue weighted by molar-refractivity contribution is 5.20. The Morgan fingerprint density at radius 3 is 2.67 bits per heavy atom. The summed E-state index contributed by atoms with van der Waals surface area (Å²) in [6.07, 6.45) is 3.86. The highest BCUT2D eigenvalue weighted by Crippen LogP contribution is 2.25. The molecule has 0 bridgehead atoms. The van der Waals surface area contributed by atoms with Crippen molar-refractivity contribution in [3.63, 3.8) is 0 Å². The summed E-state index contributed by atoms with van der Waals surface area (Å²) in [6.45, 7) is 1.19. The summed E-state index contributed by atoms with van der Waals surface area (Å²) < 4.78 is 0. The van der Waals surface area contributed by atoms with Gasteiger partial charge in [-0.15, -0.1) is 0 Å². The number of hydrogen-bond donors (Lipinski definition) is 1. The van der Waals surface area contributed by atoms with E-state index >= 15 is 0 Å². The Balaban J connectivity index is 2.09. The fraction of sp³-hybridized carbons (Fsp3) is 0.538. The van der Waals surface area contributed by atoms with Crippen LogP contribution in [0.1, 0.15) is 30.9 Å². The van der Waals surface area contributed by atoms with Gasteiger partial charge in [0.15, 0.2) is 0 Å². The van der Waals surface area contributed by atoms with E-state index < -0.39 is 0 Å². The fourth-order valence-electron chi connectivity index (χ4n) is 2.45. The summed E-state index contributed by atoms with van der Waals surface area (Å²) in [5.41, 5.74) is 7.58. The van der Waals surface area contributed by atoms with Crippen LogP contribution in [0.2, 0.25) is 0 Å². The van der Waals surface area contributed by atoms with Crippen molar-refractivity contribution in [2.24, 2.45) is 5.73 Å². The van der Waals surface area contributed by atoms with Gasteiger partial charge in [0.25, 0.3) is 0 Å². The summed E-state index contributed by atoms with van der Waals surface area (Å²) in [5.74, 6) is 0. The summed E-state index contributed by atoms with van der Waals surface area (Å²) in [6, 6.07) is 11.1. The van der Waals surface area contributed by atoms with E-state index in [2.05, 4.69) is 36.2 Å². The summed E-state index contributed by atoms with van der Waals surface area (Å²) in [4.78, 5) is 2.40. The molecule has 0 radical (unpaired) electrons. The minimum atomic E-state index is 0.163. The van der Waals surface area contributed by atoms with Gasteiger partial charge in [-0.25, -0.2) is 0 Å².